The van der Waals surface area contributed by atoms with E-state index in [-0.39, 0.29) is 23.6 Å². The van der Waals surface area contributed by atoms with Crippen molar-refractivity contribution in [2.24, 2.45) is 0 Å². The lowest BCUT2D eigenvalue weighted by atomic mass is 10.1. The Morgan fingerprint density at radius 2 is 1.55 bits per heavy atom. The molecular weight excluding hydrogens is 371 g/mol. The Morgan fingerprint density at radius 1 is 0.862 bits per heavy atom. The second kappa shape index (κ2) is 7.67. The number of carbonyl (C=O) groups is 3. The minimum atomic E-state index is -0.442. The maximum absolute atomic E-state index is 13.0. The van der Waals surface area contributed by atoms with Gasteiger partial charge in [-0.05, 0) is 54.4 Å². The van der Waals surface area contributed by atoms with Gasteiger partial charge < -0.3 is 5.32 Å². The number of imide groups is 1. The fourth-order valence-electron chi connectivity index (χ4n) is 3.26. The lowest BCUT2D eigenvalue weighted by Gasteiger charge is -2.13. The molecule has 0 aliphatic carbocycles. The molecule has 29 heavy (non-hydrogen) atoms. The zero-order valence-corrected chi connectivity index (χ0v) is 15.4. The first kappa shape index (κ1) is 18.6. The molecule has 3 aromatic rings. The van der Waals surface area contributed by atoms with Crippen LogP contribution in [0.2, 0.25) is 0 Å². The average Bonchev–Trinajstić information content (AvgIpc) is 2.98. The summed E-state index contributed by atoms with van der Waals surface area (Å²) >= 11 is 0. The molecule has 0 fully saturated rings. The van der Waals surface area contributed by atoms with Crippen LogP contribution in [0.25, 0.3) is 0 Å². The number of amides is 3. The van der Waals surface area contributed by atoms with Crippen LogP contribution in [-0.2, 0) is 6.42 Å². The van der Waals surface area contributed by atoms with Gasteiger partial charge in [-0.3, -0.25) is 19.3 Å². The molecule has 0 atom stereocenters. The maximum Gasteiger partial charge on any atom is 0.261 e. The molecule has 3 amide bonds. The van der Waals surface area contributed by atoms with Crippen LogP contribution in [0.4, 0.5) is 10.1 Å². The number of fused-ring (bicyclic) bond motifs is 1. The molecule has 0 saturated heterocycles. The summed E-state index contributed by atoms with van der Waals surface area (Å²) in [6, 6.07) is 19.4. The van der Waals surface area contributed by atoms with Gasteiger partial charge >= 0.3 is 0 Å². The molecule has 1 N–H and O–H groups in total. The predicted octanol–water partition coefficient (Wildman–Crippen LogP) is 3.92. The van der Waals surface area contributed by atoms with Crippen molar-refractivity contribution in [2.75, 3.05) is 11.9 Å². The molecule has 0 bridgehead atoms. The third-order valence-corrected chi connectivity index (χ3v) is 4.80. The topological polar surface area (TPSA) is 66.5 Å². The summed E-state index contributed by atoms with van der Waals surface area (Å²) in [5.41, 5.74) is 2.22. The SMILES string of the molecule is O=C(Nc1ccc(F)cc1)c1ccc2c(c1)C(=O)N(CCc1ccccc1)C2=O. The zero-order valence-electron chi connectivity index (χ0n) is 15.4. The molecule has 5 nitrogen and oxygen atoms in total. The first-order chi connectivity index (χ1) is 14.0. The van der Waals surface area contributed by atoms with Crippen LogP contribution in [0.1, 0.15) is 36.6 Å². The molecule has 1 aliphatic rings. The maximum atomic E-state index is 13.0. The molecule has 3 aromatic carbocycles. The number of nitrogens with one attached hydrogen (secondary N) is 1. The van der Waals surface area contributed by atoms with Gasteiger partial charge in [-0.15, -0.1) is 0 Å². The number of anilines is 1. The van der Waals surface area contributed by atoms with E-state index in [1.807, 2.05) is 30.3 Å². The molecule has 0 radical (unpaired) electrons. The molecule has 0 saturated carbocycles. The summed E-state index contributed by atoms with van der Waals surface area (Å²) in [7, 11) is 0. The lowest BCUT2D eigenvalue weighted by molar-refractivity contribution is 0.0656. The Labute approximate surface area is 166 Å². The van der Waals surface area contributed by atoms with Gasteiger partial charge in [0.25, 0.3) is 17.7 Å². The third-order valence-electron chi connectivity index (χ3n) is 4.80. The number of halogens is 1. The first-order valence-corrected chi connectivity index (χ1v) is 9.14. The van der Waals surface area contributed by atoms with Crippen LogP contribution in [0, 0.1) is 5.82 Å². The molecule has 144 valence electrons. The molecule has 0 spiro atoms. The Hall–Kier alpha value is -3.80. The van der Waals surface area contributed by atoms with Crippen molar-refractivity contribution in [2.45, 2.75) is 6.42 Å². The van der Waals surface area contributed by atoms with Crippen molar-refractivity contribution >= 4 is 23.4 Å². The monoisotopic (exact) mass is 388 g/mol. The Kier molecular flexibility index (Phi) is 4.91. The number of benzene rings is 3. The van der Waals surface area contributed by atoms with Gasteiger partial charge in [0, 0.05) is 17.8 Å². The number of rotatable bonds is 5. The summed E-state index contributed by atoms with van der Waals surface area (Å²) in [6.45, 7) is 0.271. The Bertz CT molecular complexity index is 1090. The fraction of sp³-hybridized carbons (Fsp3) is 0.0870. The minimum absolute atomic E-state index is 0.217. The van der Waals surface area contributed by atoms with E-state index >= 15 is 0 Å². The Balaban J connectivity index is 1.50. The first-order valence-electron chi connectivity index (χ1n) is 9.14. The lowest BCUT2D eigenvalue weighted by Crippen LogP contribution is -2.31. The van der Waals surface area contributed by atoms with E-state index < -0.39 is 17.6 Å². The largest absolute Gasteiger partial charge is 0.322 e. The molecule has 0 unspecified atom stereocenters. The van der Waals surface area contributed by atoms with Gasteiger partial charge in [-0.25, -0.2) is 4.39 Å². The standard InChI is InChI=1S/C23H17FN2O3/c24-17-7-9-18(10-8-17)25-21(27)16-6-11-19-20(14-16)23(29)26(22(19)28)13-12-15-4-2-1-3-5-15/h1-11,14H,12-13H2,(H,25,27). The second-order valence-electron chi connectivity index (χ2n) is 6.72. The van der Waals surface area contributed by atoms with Crippen LogP contribution in [0.5, 0.6) is 0 Å². The van der Waals surface area contributed by atoms with Crippen molar-refractivity contribution in [1.82, 2.24) is 4.90 Å². The number of carbonyl (C=O) groups excluding carboxylic acids is 3. The highest BCUT2D eigenvalue weighted by Gasteiger charge is 2.35. The molecule has 6 heteroatoms. The Morgan fingerprint density at radius 3 is 2.28 bits per heavy atom. The summed E-state index contributed by atoms with van der Waals surface area (Å²) in [5, 5.41) is 2.65. The summed E-state index contributed by atoms with van der Waals surface area (Å²) in [6.07, 6.45) is 0.560. The van der Waals surface area contributed by atoms with E-state index in [1.54, 1.807) is 0 Å². The van der Waals surface area contributed by atoms with E-state index in [0.717, 1.165) is 5.56 Å². The molecular formula is C23H17FN2O3. The van der Waals surface area contributed by atoms with Crippen LogP contribution in [0.15, 0.2) is 72.8 Å². The van der Waals surface area contributed by atoms with E-state index in [1.165, 1.54) is 47.4 Å². The smallest absolute Gasteiger partial charge is 0.261 e. The van der Waals surface area contributed by atoms with Gasteiger partial charge in [-0.1, -0.05) is 30.3 Å². The van der Waals surface area contributed by atoms with Crippen molar-refractivity contribution in [3.63, 3.8) is 0 Å². The highest BCUT2D eigenvalue weighted by Crippen LogP contribution is 2.25. The summed E-state index contributed by atoms with van der Waals surface area (Å²) in [5.74, 6) is -1.61. The van der Waals surface area contributed by atoms with Gasteiger partial charge in [0.15, 0.2) is 0 Å². The van der Waals surface area contributed by atoms with Gasteiger partial charge in [0.05, 0.1) is 11.1 Å². The predicted molar refractivity (Wildman–Crippen MR) is 106 cm³/mol. The van der Waals surface area contributed by atoms with Crippen LogP contribution < -0.4 is 5.32 Å². The van der Waals surface area contributed by atoms with Gasteiger partial charge in [0.1, 0.15) is 5.82 Å². The highest BCUT2D eigenvalue weighted by atomic mass is 19.1. The number of hydrogen-bond acceptors (Lipinski definition) is 3. The highest BCUT2D eigenvalue weighted by molar-refractivity contribution is 6.22. The fourth-order valence-corrected chi connectivity index (χ4v) is 3.26. The van der Waals surface area contributed by atoms with Gasteiger partial charge in [0.2, 0.25) is 0 Å². The van der Waals surface area contributed by atoms with Crippen molar-refractivity contribution in [1.29, 1.82) is 0 Å². The van der Waals surface area contributed by atoms with E-state index in [0.29, 0.717) is 17.7 Å². The van der Waals surface area contributed by atoms with E-state index in [4.69, 9.17) is 0 Å². The summed E-state index contributed by atoms with van der Waals surface area (Å²) < 4.78 is 13.0. The average molecular weight is 388 g/mol. The molecule has 0 aromatic heterocycles. The van der Waals surface area contributed by atoms with Crippen molar-refractivity contribution < 1.29 is 18.8 Å². The number of hydrogen-bond donors (Lipinski definition) is 1. The second-order valence-corrected chi connectivity index (χ2v) is 6.72. The van der Waals surface area contributed by atoms with E-state index in [2.05, 4.69) is 5.32 Å². The van der Waals surface area contributed by atoms with Crippen LogP contribution >= 0.6 is 0 Å². The molecule has 1 aliphatic heterocycles. The van der Waals surface area contributed by atoms with Crippen molar-refractivity contribution in [3.05, 3.63) is 101 Å². The van der Waals surface area contributed by atoms with Gasteiger partial charge in [-0.2, -0.15) is 0 Å². The van der Waals surface area contributed by atoms with Crippen molar-refractivity contribution in [3.8, 4) is 0 Å². The summed E-state index contributed by atoms with van der Waals surface area (Å²) in [4.78, 5) is 39.0. The molecule has 1 heterocycles. The van der Waals surface area contributed by atoms with E-state index in [9.17, 15) is 18.8 Å². The minimum Gasteiger partial charge on any atom is -0.322 e. The quantitative estimate of drug-likeness (QED) is 0.674. The zero-order chi connectivity index (χ0) is 20.4. The normalized spacial score (nSPS) is 12.8. The third kappa shape index (κ3) is 3.78. The number of nitrogens with zero attached hydrogens (tertiary/aromatic N) is 1. The molecule has 4 rings (SSSR count). The van der Waals surface area contributed by atoms with Crippen LogP contribution in [0.3, 0.4) is 0 Å². The van der Waals surface area contributed by atoms with Crippen LogP contribution in [-0.4, -0.2) is 29.2 Å².